The quantitative estimate of drug-likeness (QED) is 0.793. The summed E-state index contributed by atoms with van der Waals surface area (Å²) in [4.78, 5) is 6.64. The van der Waals surface area contributed by atoms with Crippen molar-refractivity contribution in [2.24, 2.45) is 4.99 Å². The van der Waals surface area contributed by atoms with E-state index in [9.17, 15) is 0 Å². The number of halogens is 1. The predicted octanol–water partition coefficient (Wildman–Crippen LogP) is 1.78. The Morgan fingerprint density at radius 2 is 2.27 bits per heavy atom. The second-order valence-corrected chi connectivity index (χ2v) is 5.50. The molecule has 1 heterocycles. The second kappa shape index (κ2) is 5.61. The van der Waals surface area contributed by atoms with E-state index >= 15 is 0 Å². The molecule has 3 nitrogen and oxygen atoms in total. The highest BCUT2D eigenvalue weighted by Crippen LogP contribution is 2.42. The summed E-state index contributed by atoms with van der Waals surface area (Å²) in [6.45, 7) is 3.09. The van der Waals surface area contributed by atoms with Crippen LogP contribution in [-0.2, 0) is 0 Å². The third kappa shape index (κ3) is 2.93. The van der Waals surface area contributed by atoms with Gasteiger partial charge < -0.3 is 10.2 Å². The number of nitrogens with zero attached hydrogens (tertiary/aromatic N) is 2. The maximum absolute atomic E-state index is 4.43. The van der Waals surface area contributed by atoms with E-state index in [1.807, 2.05) is 11.8 Å². The molecule has 0 saturated heterocycles. The Kier molecular flexibility index (Phi) is 5.02. The van der Waals surface area contributed by atoms with Crippen molar-refractivity contribution >= 4 is 41.7 Å². The van der Waals surface area contributed by atoms with Crippen LogP contribution in [0.3, 0.4) is 0 Å². The van der Waals surface area contributed by atoms with Crippen LogP contribution >= 0.6 is 35.7 Å². The van der Waals surface area contributed by atoms with E-state index in [4.69, 9.17) is 0 Å². The van der Waals surface area contributed by atoms with Crippen LogP contribution in [0, 0.1) is 0 Å². The van der Waals surface area contributed by atoms with Crippen molar-refractivity contribution in [2.75, 3.05) is 32.9 Å². The number of hydrogen-bond donors (Lipinski definition) is 1. The second-order valence-electron chi connectivity index (χ2n) is 4.22. The number of likely N-dealkylation sites (N-methyl/N-ethyl adjacent to an activating group) is 1. The first-order valence-electron chi connectivity index (χ1n) is 5.30. The third-order valence-corrected chi connectivity index (χ3v) is 4.74. The average Bonchev–Trinajstić information content (AvgIpc) is 2.51. The molecular formula is C10H20IN3S. The van der Waals surface area contributed by atoms with Gasteiger partial charge in [-0.1, -0.05) is 6.42 Å². The molecule has 1 aliphatic carbocycles. The molecule has 1 aliphatic heterocycles. The predicted molar refractivity (Wildman–Crippen MR) is 78.4 cm³/mol. The lowest BCUT2D eigenvalue weighted by Gasteiger charge is -2.40. The Balaban J connectivity index is 0.00000112. The van der Waals surface area contributed by atoms with Gasteiger partial charge in [0.15, 0.2) is 5.96 Å². The zero-order chi connectivity index (χ0) is 10.0. The Hall–Kier alpha value is 0.350. The Morgan fingerprint density at radius 1 is 1.53 bits per heavy atom. The summed E-state index contributed by atoms with van der Waals surface area (Å²) in [6, 6.07) is 0. The maximum Gasteiger partial charge on any atom is 0.193 e. The van der Waals surface area contributed by atoms with Crippen molar-refractivity contribution in [3.8, 4) is 0 Å². The summed E-state index contributed by atoms with van der Waals surface area (Å²) in [5.41, 5.74) is 0. The normalized spacial score (nSPS) is 22.8. The van der Waals surface area contributed by atoms with E-state index in [1.165, 1.54) is 19.3 Å². The summed E-state index contributed by atoms with van der Waals surface area (Å²) in [5, 5.41) is 3.48. The monoisotopic (exact) mass is 341 g/mol. The molecule has 0 aromatic carbocycles. The largest absolute Gasteiger partial charge is 0.355 e. The van der Waals surface area contributed by atoms with Crippen LogP contribution in [-0.4, -0.2) is 48.5 Å². The molecular weight excluding hydrogens is 321 g/mol. The number of hydrogen-bond acceptors (Lipinski definition) is 4. The molecule has 1 saturated carbocycles. The van der Waals surface area contributed by atoms with Crippen LogP contribution in [0.15, 0.2) is 4.99 Å². The SMILES string of the molecule is CSC1(CNC2=NCCN2C)CCC1.I. The van der Waals surface area contributed by atoms with Gasteiger partial charge in [-0.2, -0.15) is 11.8 Å². The van der Waals surface area contributed by atoms with Crippen molar-refractivity contribution in [1.29, 1.82) is 0 Å². The summed E-state index contributed by atoms with van der Waals surface area (Å²) < 4.78 is 0.506. The molecule has 0 bridgehead atoms. The molecule has 1 fully saturated rings. The molecule has 5 heteroatoms. The minimum atomic E-state index is 0. The van der Waals surface area contributed by atoms with Crippen LogP contribution in [0.25, 0.3) is 0 Å². The van der Waals surface area contributed by atoms with Crippen LogP contribution < -0.4 is 5.32 Å². The first-order chi connectivity index (χ1) is 6.76. The minimum Gasteiger partial charge on any atom is -0.355 e. The van der Waals surface area contributed by atoms with Crippen molar-refractivity contribution in [2.45, 2.75) is 24.0 Å². The van der Waals surface area contributed by atoms with E-state index in [2.05, 4.69) is 28.5 Å². The molecule has 0 aromatic heterocycles. The van der Waals surface area contributed by atoms with Crippen molar-refractivity contribution < 1.29 is 0 Å². The van der Waals surface area contributed by atoms with Crippen LogP contribution in [0.1, 0.15) is 19.3 Å². The van der Waals surface area contributed by atoms with Crippen LogP contribution in [0.5, 0.6) is 0 Å². The van der Waals surface area contributed by atoms with Crippen molar-refractivity contribution in [3.05, 3.63) is 0 Å². The fourth-order valence-electron chi connectivity index (χ4n) is 1.99. The fraction of sp³-hybridized carbons (Fsp3) is 0.900. The van der Waals surface area contributed by atoms with Crippen LogP contribution in [0.4, 0.5) is 0 Å². The van der Waals surface area contributed by atoms with Gasteiger partial charge in [-0.25, -0.2) is 0 Å². The highest BCUT2D eigenvalue weighted by molar-refractivity contribution is 14.0. The first-order valence-corrected chi connectivity index (χ1v) is 6.53. The number of rotatable bonds is 3. The molecule has 0 unspecified atom stereocenters. The van der Waals surface area contributed by atoms with Gasteiger partial charge >= 0.3 is 0 Å². The van der Waals surface area contributed by atoms with Gasteiger partial charge in [0.05, 0.1) is 6.54 Å². The lowest BCUT2D eigenvalue weighted by atomic mass is 9.84. The third-order valence-electron chi connectivity index (χ3n) is 3.33. The Labute approximate surface area is 113 Å². The van der Waals surface area contributed by atoms with Gasteiger partial charge in [0.1, 0.15) is 0 Å². The molecule has 15 heavy (non-hydrogen) atoms. The van der Waals surface area contributed by atoms with Gasteiger partial charge in [0, 0.05) is 24.9 Å². The van der Waals surface area contributed by atoms with Crippen molar-refractivity contribution in [1.82, 2.24) is 10.2 Å². The summed E-state index contributed by atoms with van der Waals surface area (Å²) in [5.74, 6) is 1.09. The lowest BCUT2D eigenvalue weighted by Crippen LogP contribution is -2.47. The van der Waals surface area contributed by atoms with E-state index in [0.717, 1.165) is 25.6 Å². The topological polar surface area (TPSA) is 27.6 Å². The Bertz CT molecular complexity index is 235. The van der Waals surface area contributed by atoms with E-state index in [-0.39, 0.29) is 24.0 Å². The Morgan fingerprint density at radius 3 is 2.67 bits per heavy atom. The minimum absolute atomic E-state index is 0. The number of aliphatic imine (C=N–C) groups is 1. The molecule has 2 rings (SSSR count). The molecule has 0 atom stereocenters. The number of guanidine groups is 1. The van der Waals surface area contributed by atoms with E-state index in [0.29, 0.717) is 4.75 Å². The molecule has 0 aromatic rings. The van der Waals surface area contributed by atoms with Gasteiger partial charge in [0.2, 0.25) is 0 Å². The van der Waals surface area contributed by atoms with Crippen LogP contribution in [0.2, 0.25) is 0 Å². The van der Waals surface area contributed by atoms with Crippen molar-refractivity contribution in [3.63, 3.8) is 0 Å². The summed E-state index contributed by atoms with van der Waals surface area (Å²) >= 11 is 2.01. The standard InChI is InChI=1S/C10H19N3S.HI/c1-13-7-6-11-9(13)12-8-10(14-2)4-3-5-10;/h3-8H2,1-2H3,(H,11,12);1H. The van der Waals surface area contributed by atoms with E-state index in [1.54, 1.807) is 0 Å². The highest BCUT2D eigenvalue weighted by atomic mass is 127. The maximum atomic E-state index is 4.43. The molecule has 2 aliphatic rings. The molecule has 1 N–H and O–H groups in total. The highest BCUT2D eigenvalue weighted by Gasteiger charge is 2.36. The smallest absolute Gasteiger partial charge is 0.193 e. The zero-order valence-corrected chi connectivity index (χ0v) is 12.6. The van der Waals surface area contributed by atoms with Gasteiger partial charge in [-0.15, -0.1) is 24.0 Å². The molecule has 0 spiro atoms. The van der Waals surface area contributed by atoms with Gasteiger partial charge in [0.25, 0.3) is 0 Å². The molecule has 0 radical (unpaired) electrons. The zero-order valence-electron chi connectivity index (χ0n) is 9.45. The summed E-state index contributed by atoms with van der Waals surface area (Å²) in [7, 11) is 2.10. The molecule has 0 amide bonds. The number of thioether (sulfide) groups is 1. The van der Waals surface area contributed by atoms with Gasteiger partial charge in [-0.05, 0) is 19.1 Å². The van der Waals surface area contributed by atoms with Gasteiger partial charge in [-0.3, -0.25) is 4.99 Å². The van der Waals surface area contributed by atoms with E-state index < -0.39 is 0 Å². The first kappa shape index (κ1) is 13.4. The average molecular weight is 341 g/mol. The fourth-order valence-corrected chi connectivity index (χ4v) is 2.90. The molecule has 88 valence electrons. The summed E-state index contributed by atoms with van der Waals surface area (Å²) in [6.07, 6.45) is 6.34. The lowest BCUT2D eigenvalue weighted by molar-refractivity contribution is 0.357. The number of nitrogens with one attached hydrogen (secondary N) is 1.